The molecule has 2 rings (SSSR count). The van der Waals surface area contributed by atoms with Gasteiger partial charge in [0.2, 0.25) is 0 Å². The Kier molecular flexibility index (Phi) is 6.52. The highest BCUT2D eigenvalue weighted by molar-refractivity contribution is 9.10. The molecule has 134 valence electrons. The van der Waals surface area contributed by atoms with Gasteiger partial charge in [-0.1, -0.05) is 15.9 Å². The van der Waals surface area contributed by atoms with Crippen LogP contribution in [0.4, 0.5) is 0 Å². The topological polar surface area (TPSA) is 63.2 Å². The van der Waals surface area contributed by atoms with Gasteiger partial charge in [-0.15, -0.1) is 0 Å². The van der Waals surface area contributed by atoms with Crippen LogP contribution in [0.3, 0.4) is 0 Å². The van der Waals surface area contributed by atoms with Gasteiger partial charge in [-0.2, -0.15) is 0 Å². The Morgan fingerprint density at radius 1 is 0.840 bits per heavy atom. The molecule has 7 heteroatoms. The molecule has 0 spiro atoms. The molecule has 0 aliphatic rings. The average molecular weight is 411 g/mol. The normalized spacial score (nSPS) is 10.1. The second-order valence-electron chi connectivity index (χ2n) is 4.98. The molecule has 0 saturated carbocycles. The number of benzene rings is 2. The zero-order valence-electron chi connectivity index (χ0n) is 14.4. The molecule has 0 atom stereocenters. The van der Waals surface area contributed by atoms with E-state index in [-0.39, 0.29) is 6.61 Å². The largest absolute Gasteiger partial charge is 0.497 e. The summed E-state index contributed by atoms with van der Waals surface area (Å²) in [6.07, 6.45) is 0. The van der Waals surface area contributed by atoms with Crippen molar-refractivity contribution in [3.05, 3.63) is 45.9 Å². The predicted molar refractivity (Wildman–Crippen MR) is 95.9 cm³/mol. The number of ether oxygens (including phenoxy) is 5. The highest BCUT2D eigenvalue weighted by Crippen LogP contribution is 2.33. The Bertz CT molecular complexity index is 737. The van der Waals surface area contributed by atoms with Crippen molar-refractivity contribution in [3.63, 3.8) is 0 Å². The van der Waals surface area contributed by atoms with Gasteiger partial charge in [0, 0.05) is 16.1 Å². The smallest absolute Gasteiger partial charge is 0.338 e. The maximum atomic E-state index is 12.3. The second-order valence-corrected chi connectivity index (χ2v) is 5.83. The van der Waals surface area contributed by atoms with Crippen molar-refractivity contribution in [2.75, 3.05) is 28.4 Å². The van der Waals surface area contributed by atoms with E-state index in [4.69, 9.17) is 23.7 Å². The van der Waals surface area contributed by atoms with Crippen LogP contribution in [0, 0.1) is 0 Å². The van der Waals surface area contributed by atoms with Crippen molar-refractivity contribution in [3.8, 4) is 23.0 Å². The third-order valence-corrected chi connectivity index (χ3v) is 4.24. The lowest BCUT2D eigenvalue weighted by Crippen LogP contribution is -2.07. The number of carbonyl (C=O) groups is 1. The van der Waals surface area contributed by atoms with Crippen LogP contribution in [-0.2, 0) is 11.3 Å². The standard InChI is InChI=1S/C18H19BrO6/c1-21-13-5-11(6-14(8-13)22-2)18(20)25-10-12-7-16(23-3)17(24-4)9-15(12)19/h5-9H,10H2,1-4H3. The van der Waals surface area contributed by atoms with Crippen LogP contribution in [0.2, 0.25) is 0 Å². The lowest BCUT2D eigenvalue weighted by atomic mass is 10.2. The first-order chi connectivity index (χ1) is 12.0. The summed E-state index contributed by atoms with van der Waals surface area (Å²) in [5.74, 6) is 1.68. The summed E-state index contributed by atoms with van der Waals surface area (Å²) in [7, 11) is 6.14. The molecule has 25 heavy (non-hydrogen) atoms. The number of rotatable bonds is 7. The van der Waals surface area contributed by atoms with Gasteiger partial charge < -0.3 is 23.7 Å². The van der Waals surface area contributed by atoms with Gasteiger partial charge in [-0.05, 0) is 24.3 Å². The minimum absolute atomic E-state index is 0.0687. The molecule has 0 saturated heterocycles. The molecule has 0 heterocycles. The Hall–Kier alpha value is -2.41. The first kappa shape index (κ1) is 18.9. The highest BCUT2D eigenvalue weighted by atomic mass is 79.9. The van der Waals surface area contributed by atoms with E-state index in [0.717, 1.165) is 10.0 Å². The van der Waals surface area contributed by atoms with Gasteiger partial charge in [-0.3, -0.25) is 0 Å². The van der Waals surface area contributed by atoms with Crippen LogP contribution < -0.4 is 18.9 Å². The molecular weight excluding hydrogens is 392 g/mol. The minimum Gasteiger partial charge on any atom is -0.497 e. The number of hydrogen-bond acceptors (Lipinski definition) is 6. The summed E-state index contributed by atoms with van der Waals surface area (Å²) in [6, 6.07) is 8.38. The molecule has 0 aliphatic carbocycles. The van der Waals surface area contributed by atoms with Gasteiger partial charge in [0.1, 0.15) is 18.1 Å². The quantitative estimate of drug-likeness (QED) is 0.646. The summed E-state index contributed by atoms with van der Waals surface area (Å²) in [6.45, 7) is 0.0687. The van der Waals surface area contributed by atoms with Crippen molar-refractivity contribution < 1.29 is 28.5 Å². The van der Waals surface area contributed by atoms with Crippen LogP contribution in [0.1, 0.15) is 15.9 Å². The monoisotopic (exact) mass is 410 g/mol. The zero-order valence-corrected chi connectivity index (χ0v) is 16.0. The van der Waals surface area contributed by atoms with Crippen LogP contribution >= 0.6 is 15.9 Å². The Morgan fingerprint density at radius 3 is 1.92 bits per heavy atom. The molecule has 0 fully saturated rings. The average Bonchev–Trinajstić information content (AvgIpc) is 2.65. The van der Waals surface area contributed by atoms with E-state index >= 15 is 0 Å². The lowest BCUT2D eigenvalue weighted by Gasteiger charge is -2.13. The van der Waals surface area contributed by atoms with Crippen molar-refractivity contribution in [2.24, 2.45) is 0 Å². The molecule has 0 N–H and O–H groups in total. The third kappa shape index (κ3) is 4.57. The van der Waals surface area contributed by atoms with Gasteiger partial charge in [0.05, 0.1) is 34.0 Å². The summed E-state index contributed by atoms with van der Waals surface area (Å²) in [5, 5.41) is 0. The number of methoxy groups -OCH3 is 4. The predicted octanol–water partition coefficient (Wildman–Crippen LogP) is 3.84. The third-order valence-electron chi connectivity index (χ3n) is 3.50. The zero-order chi connectivity index (χ0) is 18.4. The van der Waals surface area contributed by atoms with E-state index in [0.29, 0.717) is 28.6 Å². The van der Waals surface area contributed by atoms with Crippen molar-refractivity contribution in [1.29, 1.82) is 0 Å². The number of carbonyl (C=O) groups excluding carboxylic acids is 1. The maximum absolute atomic E-state index is 12.3. The second kappa shape index (κ2) is 8.62. The molecule has 0 aliphatic heterocycles. The highest BCUT2D eigenvalue weighted by Gasteiger charge is 2.14. The Balaban J connectivity index is 2.17. The number of halogens is 1. The lowest BCUT2D eigenvalue weighted by molar-refractivity contribution is 0.0471. The van der Waals surface area contributed by atoms with Gasteiger partial charge in [0.15, 0.2) is 11.5 Å². The van der Waals surface area contributed by atoms with E-state index in [1.54, 1.807) is 44.6 Å². The maximum Gasteiger partial charge on any atom is 0.338 e. The summed E-state index contributed by atoms with van der Waals surface area (Å²) >= 11 is 3.44. The number of esters is 1. The van der Waals surface area contributed by atoms with Crippen LogP contribution in [0.15, 0.2) is 34.8 Å². The minimum atomic E-state index is -0.487. The summed E-state index contributed by atoms with van der Waals surface area (Å²) < 4.78 is 27.0. The fraction of sp³-hybridized carbons (Fsp3) is 0.278. The van der Waals surface area contributed by atoms with Crippen molar-refractivity contribution in [1.82, 2.24) is 0 Å². The SMILES string of the molecule is COc1cc(OC)cc(C(=O)OCc2cc(OC)c(OC)cc2Br)c1. The molecule has 2 aromatic rings. The van der Waals surface area contributed by atoms with Crippen LogP contribution in [0.5, 0.6) is 23.0 Å². The van der Waals surface area contributed by atoms with Crippen molar-refractivity contribution in [2.45, 2.75) is 6.61 Å². The molecule has 0 unspecified atom stereocenters. The Labute approximate surface area is 154 Å². The molecule has 0 amide bonds. The van der Waals surface area contributed by atoms with Crippen molar-refractivity contribution >= 4 is 21.9 Å². The van der Waals surface area contributed by atoms with E-state index in [2.05, 4.69) is 15.9 Å². The molecule has 6 nitrogen and oxygen atoms in total. The van der Waals surface area contributed by atoms with Gasteiger partial charge in [-0.25, -0.2) is 4.79 Å². The fourth-order valence-corrected chi connectivity index (χ4v) is 2.60. The van der Waals surface area contributed by atoms with E-state index in [1.165, 1.54) is 14.2 Å². The number of hydrogen-bond donors (Lipinski definition) is 0. The van der Waals surface area contributed by atoms with E-state index < -0.39 is 5.97 Å². The van der Waals surface area contributed by atoms with Gasteiger partial charge >= 0.3 is 5.97 Å². The molecule has 2 aromatic carbocycles. The summed E-state index contributed by atoms with van der Waals surface area (Å²) in [4.78, 5) is 12.3. The van der Waals surface area contributed by atoms with Crippen LogP contribution in [-0.4, -0.2) is 34.4 Å². The fourth-order valence-electron chi connectivity index (χ4n) is 2.16. The first-order valence-corrected chi connectivity index (χ1v) is 8.12. The first-order valence-electron chi connectivity index (χ1n) is 7.33. The van der Waals surface area contributed by atoms with Crippen LogP contribution in [0.25, 0.3) is 0 Å². The molecule has 0 bridgehead atoms. The summed E-state index contributed by atoms with van der Waals surface area (Å²) in [5.41, 5.74) is 1.09. The molecular formula is C18H19BrO6. The van der Waals surface area contributed by atoms with E-state index in [9.17, 15) is 4.79 Å². The van der Waals surface area contributed by atoms with E-state index in [1.807, 2.05) is 0 Å². The van der Waals surface area contributed by atoms with Gasteiger partial charge in [0.25, 0.3) is 0 Å². The Morgan fingerprint density at radius 2 is 1.40 bits per heavy atom. The molecule has 0 radical (unpaired) electrons. The molecule has 0 aromatic heterocycles.